The van der Waals surface area contributed by atoms with Crippen LogP contribution in [-0.4, -0.2) is 41.3 Å². The Labute approximate surface area is 198 Å². The Morgan fingerprint density at radius 3 is 2.29 bits per heavy atom. The first kappa shape index (κ1) is 21.9. The number of anilines is 1. The second-order valence-electron chi connectivity index (χ2n) is 8.38. The second kappa shape index (κ2) is 9.49. The van der Waals surface area contributed by atoms with Crippen LogP contribution in [0, 0.1) is 0 Å². The molecule has 0 amide bonds. The molecule has 1 N–H and O–H groups in total. The van der Waals surface area contributed by atoms with E-state index in [-0.39, 0.29) is 11.6 Å². The van der Waals surface area contributed by atoms with Gasteiger partial charge in [0.2, 0.25) is 5.95 Å². The van der Waals surface area contributed by atoms with Crippen molar-refractivity contribution < 1.29 is 4.74 Å². The van der Waals surface area contributed by atoms with Crippen LogP contribution in [0.3, 0.4) is 0 Å². The lowest BCUT2D eigenvalue weighted by molar-refractivity contribution is 0.415. The summed E-state index contributed by atoms with van der Waals surface area (Å²) in [4.78, 5) is 23.8. The summed E-state index contributed by atoms with van der Waals surface area (Å²) in [5.41, 5.74) is 4.99. The smallest absolute Gasteiger partial charge is 0.255 e. The number of ether oxygens (including phenoxy) is 1. The molecule has 0 radical (unpaired) electrons. The standard InChI is InChI=1S/C27H27N5O2/c1-31-26(33)17-24(22-11-13-28-14-12-22)30-27(31)32-16-15-29-25(18-32)21-5-3-19(4-6-21)20-7-9-23(34-2)10-8-20/h3-14,17,25,29H,15-16,18H2,1-2H3. The highest BCUT2D eigenvalue weighted by atomic mass is 16.5. The first-order valence-electron chi connectivity index (χ1n) is 11.3. The van der Waals surface area contributed by atoms with Crippen molar-refractivity contribution in [2.45, 2.75) is 6.04 Å². The number of nitrogens with one attached hydrogen (secondary N) is 1. The first-order valence-corrected chi connectivity index (χ1v) is 11.3. The predicted octanol–water partition coefficient (Wildman–Crippen LogP) is 3.67. The van der Waals surface area contributed by atoms with Crippen LogP contribution in [0.15, 0.2) is 83.9 Å². The molecule has 7 nitrogen and oxygen atoms in total. The SMILES string of the molecule is COc1ccc(-c2ccc(C3CN(c4nc(-c5ccncc5)cc(=O)n4C)CCN3)cc2)cc1. The number of aromatic nitrogens is 3. The van der Waals surface area contributed by atoms with Gasteiger partial charge in [-0.25, -0.2) is 4.98 Å². The van der Waals surface area contributed by atoms with Crippen LogP contribution in [0.2, 0.25) is 0 Å². The van der Waals surface area contributed by atoms with Gasteiger partial charge in [0.1, 0.15) is 5.75 Å². The van der Waals surface area contributed by atoms with Gasteiger partial charge in [0.25, 0.3) is 5.56 Å². The van der Waals surface area contributed by atoms with Crippen LogP contribution in [0.1, 0.15) is 11.6 Å². The summed E-state index contributed by atoms with van der Waals surface area (Å²) in [6.07, 6.45) is 3.43. The van der Waals surface area contributed by atoms with Gasteiger partial charge >= 0.3 is 0 Å². The van der Waals surface area contributed by atoms with Crippen LogP contribution in [0.5, 0.6) is 5.75 Å². The molecule has 4 aromatic rings. The third kappa shape index (κ3) is 4.43. The van der Waals surface area contributed by atoms with Crippen LogP contribution in [0.4, 0.5) is 5.95 Å². The van der Waals surface area contributed by atoms with Crippen molar-refractivity contribution in [2.24, 2.45) is 7.05 Å². The summed E-state index contributed by atoms with van der Waals surface area (Å²) in [6.45, 7) is 2.31. The molecule has 1 aliphatic rings. The van der Waals surface area contributed by atoms with E-state index < -0.39 is 0 Å². The molecular weight excluding hydrogens is 426 g/mol. The van der Waals surface area contributed by atoms with E-state index in [9.17, 15) is 4.79 Å². The van der Waals surface area contributed by atoms with E-state index in [0.29, 0.717) is 11.6 Å². The van der Waals surface area contributed by atoms with E-state index in [0.717, 1.165) is 42.1 Å². The molecule has 34 heavy (non-hydrogen) atoms. The zero-order valence-corrected chi connectivity index (χ0v) is 19.3. The number of rotatable bonds is 5. The molecule has 0 aliphatic carbocycles. The summed E-state index contributed by atoms with van der Waals surface area (Å²) < 4.78 is 6.88. The Balaban J connectivity index is 1.38. The largest absolute Gasteiger partial charge is 0.497 e. The Hall–Kier alpha value is -3.97. The molecule has 0 spiro atoms. The van der Waals surface area contributed by atoms with Crippen molar-refractivity contribution in [3.63, 3.8) is 0 Å². The number of benzene rings is 2. The molecule has 3 heterocycles. The number of piperazine rings is 1. The maximum absolute atomic E-state index is 12.7. The van der Waals surface area contributed by atoms with Gasteiger partial charge in [-0.05, 0) is 41.0 Å². The summed E-state index contributed by atoms with van der Waals surface area (Å²) in [5, 5.41) is 3.61. The number of pyridine rings is 1. The Morgan fingerprint density at radius 1 is 0.941 bits per heavy atom. The number of hydrogen-bond donors (Lipinski definition) is 1. The molecule has 172 valence electrons. The molecule has 7 heteroatoms. The number of hydrogen-bond acceptors (Lipinski definition) is 6. The highest BCUT2D eigenvalue weighted by Crippen LogP contribution is 2.26. The van der Waals surface area contributed by atoms with Gasteiger partial charge in [0.05, 0.1) is 12.8 Å². The zero-order valence-electron chi connectivity index (χ0n) is 19.3. The molecule has 1 unspecified atom stereocenters. The van der Waals surface area contributed by atoms with E-state index in [4.69, 9.17) is 9.72 Å². The molecule has 2 aromatic heterocycles. The molecule has 0 saturated carbocycles. The van der Waals surface area contributed by atoms with Crippen molar-refractivity contribution in [3.05, 3.63) is 95.0 Å². The molecule has 1 saturated heterocycles. The average Bonchev–Trinajstić information content (AvgIpc) is 2.91. The third-order valence-electron chi connectivity index (χ3n) is 6.28. The Bertz CT molecular complexity index is 1320. The molecule has 1 fully saturated rings. The second-order valence-corrected chi connectivity index (χ2v) is 8.38. The van der Waals surface area contributed by atoms with Crippen molar-refractivity contribution >= 4 is 5.95 Å². The van der Waals surface area contributed by atoms with Gasteiger partial charge in [-0.15, -0.1) is 0 Å². The van der Waals surface area contributed by atoms with Gasteiger partial charge in [0, 0.05) is 56.7 Å². The molecule has 0 bridgehead atoms. The fourth-order valence-electron chi connectivity index (χ4n) is 4.33. The predicted molar refractivity (Wildman–Crippen MR) is 134 cm³/mol. The lowest BCUT2D eigenvalue weighted by Crippen LogP contribution is -2.47. The Morgan fingerprint density at radius 2 is 1.62 bits per heavy atom. The molecule has 1 atom stereocenters. The van der Waals surface area contributed by atoms with Crippen molar-refractivity contribution in [1.29, 1.82) is 0 Å². The fourth-order valence-corrected chi connectivity index (χ4v) is 4.33. The average molecular weight is 454 g/mol. The highest BCUT2D eigenvalue weighted by molar-refractivity contribution is 5.64. The van der Waals surface area contributed by atoms with E-state index in [1.807, 2.05) is 24.3 Å². The summed E-state index contributed by atoms with van der Waals surface area (Å²) in [5.74, 6) is 1.53. The topological polar surface area (TPSA) is 72.3 Å². The van der Waals surface area contributed by atoms with Crippen molar-refractivity contribution in [3.8, 4) is 28.1 Å². The van der Waals surface area contributed by atoms with Crippen LogP contribution in [-0.2, 0) is 7.05 Å². The van der Waals surface area contributed by atoms with Gasteiger partial charge in [-0.3, -0.25) is 14.3 Å². The van der Waals surface area contributed by atoms with Crippen molar-refractivity contribution in [1.82, 2.24) is 19.9 Å². The monoisotopic (exact) mass is 453 g/mol. The summed E-state index contributed by atoms with van der Waals surface area (Å²) in [6, 6.07) is 22.2. The normalized spacial score (nSPS) is 15.8. The van der Waals surface area contributed by atoms with E-state index in [2.05, 4.69) is 51.6 Å². The molecule has 1 aliphatic heterocycles. The summed E-state index contributed by atoms with van der Waals surface area (Å²) in [7, 11) is 3.45. The van der Waals surface area contributed by atoms with Gasteiger partial charge in [-0.2, -0.15) is 0 Å². The molecule has 2 aromatic carbocycles. The Kier molecular flexibility index (Phi) is 6.10. The van der Waals surface area contributed by atoms with Crippen molar-refractivity contribution in [2.75, 3.05) is 31.6 Å². The lowest BCUT2D eigenvalue weighted by atomic mass is 9.99. The van der Waals surface area contributed by atoms with Crippen LogP contribution in [0.25, 0.3) is 22.4 Å². The highest BCUT2D eigenvalue weighted by Gasteiger charge is 2.24. The first-order chi connectivity index (χ1) is 16.6. The summed E-state index contributed by atoms with van der Waals surface area (Å²) >= 11 is 0. The van der Waals surface area contributed by atoms with E-state index in [1.165, 1.54) is 5.56 Å². The molecular formula is C27H27N5O2. The minimum atomic E-state index is -0.0734. The van der Waals surface area contributed by atoms with Gasteiger partial charge < -0.3 is 15.0 Å². The maximum Gasteiger partial charge on any atom is 0.255 e. The quantitative estimate of drug-likeness (QED) is 0.497. The third-order valence-corrected chi connectivity index (χ3v) is 6.28. The number of methoxy groups -OCH3 is 1. The molecule has 5 rings (SSSR count). The van der Waals surface area contributed by atoms with Crippen LogP contribution >= 0.6 is 0 Å². The number of nitrogens with zero attached hydrogens (tertiary/aromatic N) is 4. The van der Waals surface area contributed by atoms with E-state index >= 15 is 0 Å². The fraction of sp³-hybridized carbons (Fsp3) is 0.222. The van der Waals surface area contributed by atoms with E-state index in [1.54, 1.807) is 37.2 Å². The zero-order chi connectivity index (χ0) is 23.5. The minimum Gasteiger partial charge on any atom is -0.497 e. The maximum atomic E-state index is 12.7. The van der Waals surface area contributed by atoms with Gasteiger partial charge in [0.15, 0.2) is 0 Å². The lowest BCUT2D eigenvalue weighted by Gasteiger charge is -2.35. The van der Waals surface area contributed by atoms with Crippen LogP contribution < -0.4 is 20.5 Å². The minimum absolute atomic E-state index is 0.0734. The van der Waals surface area contributed by atoms with Gasteiger partial charge in [-0.1, -0.05) is 36.4 Å².